The molecule has 1 aliphatic heterocycles. The van der Waals surface area contributed by atoms with Crippen molar-refractivity contribution in [3.63, 3.8) is 0 Å². The lowest BCUT2D eigenvalue weighted by atomic mass is 10.2. The molecule has 1 aromatic carbocycles. The van der Waals surface area contributed by atoms with Crippen molar-refractivity contribution in [1.29, 1.82) is 0 Å². The number of likely N-dealkylation sites (N-methyl/N-ethyl adjacent to an activating group) is 1. The maximum Gasteiger partial charge on any atom is 0.319 e. The van der Waals surface area contributed by atoms with Gasteiger partial charge in [-0.1, -0.05) is 0 Å². The molecule has 4 rings (SSSR count). The van der Waals surface area contributed by atoms with Crippen molar-refractivity contribution in [2.45, 2.75) is 31.8 Å². The van der Waals surface area contributed by atoms with Crippen LogP contribution < -0.4 is 16.0 Å². The van der Waals surface area contributed by atoms with Crippen molar-refractivity contribution in [3.8, 4) is 11.4 Å². The zero-order valence-electron chi connectivity index (χ0n) is 17.8. The number of hydrogen-bond acceptors (Lipinski definition) is 6. The SMILES string of the molecule is CNc1cc(CN2CCCN(C)CC2)nc(-c2ccc(NC(=O)NC3CC3)cc2)n1. The molecule has 0 bridgehead atoms. The van der Waals surface area contributed by atoms with Crippen LogP contribution in [0.4, 0.5) is 16.3 Å². The van der Waals surface area contributed by atoms with Crippen LogP contribution in [-0.2, 0) is 6.54 Å². The lowest BCUT2D eigenvalue weighted by Gasteiger charge is -2.20. The number of anilines is 2. The standard InChI is InChI=1S/C22H31N7O/c1-23-20-14-19(15-29-11-3-10-28(2)12-13-29)24-21(27-20)16-4-6-17(7-5-16)25-22(30)26-18-8-9-18/h4-7,14,18H,3,8-13,15H2,1-2H3,(H,23,24,27)(H2,25,26,30). The molecule has 3 N–H and O–H groups in total. The Balaban J connectivity index is 1.46. The van der Waals surface area contributed by atoms with Crippen molar-refractivity contribution in [1.82, 2.24) is 25.1 Å². The number of carbonyl (C=O) groups excluding carboxylic acids is 1. The van der Waals surface area contributed by atoms with Crippen molar-refractivity contribution in [2.75, 3.05) is 50.9 Å². The fraction of sp³-hybridized carbons (Fsp3) is 0.500. The molecule has 0 radical (unpaired) electrons. The molecule has 1 saturated heterocycles. The van der Waals surface area contributed by atoms with Gasteiger partial charge in [0.2, 0.25) is 0 Å². The second kappa shape index (κ2) is 9.40. The second-order valence-corrected chi connectivity index (χ2v) is 8.20. The van der Waals surface area contributed by atoms with Gasteiger partial charge in [-0.25, -0.2) is 14.8 Å². The van der Waals surface area contributed by atoms with Gasteiger partial charge in [-0.2, -0.15) is 0 Å². The Labute approximate surface area is 178 Å². The summed E-state index contributed by atoms with van der Waals surface area (Å²) < 4.78 is 0. The van der Waals surface area contributed by atoms with Crippen molar-refractivity contribution < 1.29 is 4.79 Å². The molecule has 2 fully saturated rings. The number of nitrogens with zero attached hydrogens (tertiary/aromatic N) is 4. The molecule has 0 atom stereocenters. The van der Waals surface area contributed by atoms with Crippen LogP contribution in [0.2, 0.25) is 0 Å². The summed E-state index contributed by atoms with van der Waals surface area (Å²) >= 11 is 0. The van der Waals surface area contributed by atoms with Gasteiger partial charge in [-0.05, 0) is 63.7 Å². The van der Waals surface area contributed by atoms with Gasteiger partial charge >= 0.3 is 6.03 Å². The first-order valence-corrected chi connectivity index (χ1v) is 10.7. The third kappa shape index (κ3) is 5.67. The minimum absolute atomic E-state index is 0.149. The summed E-state index contributed by atoms with van der Waals surface area (Å²) in [6.07, 6.45) is 3.32. The number of benzene rings is 1. The fourth-order valence-corrected chi connectivity index (χ4v) is 3.61. The highest BCUT2D eigenvalue weighted by Gasteiger charge is 2.23. The summed E-state index contributed by atoms with van der Waals surface area (Å²) in [5.41, 5.74) is 2.70. The van der Waals surface area contributed by atoms with Crippen LogP contribution >= 0.6 is 0 Å². The summed E-state index contributed by atoms with van der Waals surface area (Å²) in [5, 5.41) is 8.95. The van der Waals surface area contributed by atoms with E-state index in [1.807, 2.05) is 37.4 Å². The van der Waals surface area contributed by atoms with Crippen LogP contribution in [0, 0.1) is 0 Å². The summed E-state index contributed by atoms with van der Waals surface area (Å²) in [4.78, 5) is 26.2. The molecule has 0 unspecified atom stereocenters. The molecule has 1 aliphatic carbocycles. The first-order chi connectivity index (χ1) is 14.6. The van der Waals surface area contributed by atoms with Crippen LogP contribution in [0.15, 0.2) is 30.3 Å². The third-order valence-corrected chi connectivity index (χ3v) is 5.55. The molecule has 8 nitrogen and oxygen atoms in total. The average Bonchev–Trinajstić information content (AvgIpc) is 3.57. The number of nitrogens with one attached hydrogen (secondary N) is 3. The molecule has 2 heterocycles. The molecule has 8 heteroatoms. The van der Waals surface area contributed by atoms with Gasteiger partial charge in [0, 0.05) is 50.0 Å². The Hall–Kier alpha value is -2.71. The highest BCUT2D eigenvalue weighted by molar-refractivity contribution is 5.89. The van der Waals surface area contributed by atoms with Gasteiger partial charge in [0.15, 0.2) is 5.82 Å². The van der Waals surface area contributed by atoms with E-state index in [4.69, 9.17) is 4.98 Å². The number of rotatable bonds is 6. The van der Waals surface area contributed by atoms with Gasteiger partial charge in [-0.3, -0.25) is 4.90 Å². The maximum atomic E-state index is 11.9. The molecule has 2 amide bonds. The van der Waals surface area contributed by atoms with Gasteiger partial charge < -0.3 is 20.9 Å². The van der Waals surface area contributed by atoms with Crippen LogP contribution in [0.25, 0.3) is 11.4 Å². The van der Waals surface area contributed by atoms with Gasteiger partial charge in [0.05, 0.1) is 5.69 Å². The van der Waals surface area contributed by atoms with Crippen molar-refractivity contribution in [3.05, 3.63) is 36.0 Å². The molecule has 0 spiro atoms. The summed E-state index contributed by atoms with van der Waals surface area (Å²) in [5.74, 6) is 1.51. The summed E-state index contributed by atoms with van der Waals surface area (Å²) in [7, 11) is 4.06. The normalized spacial score (nSPS) is 17.9. The first kappa shape index (κ1) is 20.6. The van der Waals surface area contributed by atoms with E-state index in [2.05, 4.69) is 37.8 Å². The van der Waals surface area contributed by atoms with E-state index in [9.17, 15) is 4.79 Å². The Kier molecular flexibility index (Phi) is 6.44. The number of aromatic nitrogens is 2. The van der Waals surface area contributed by atoms with Crippen molar-refractivity contribution >= 4 is 17.5 Å². The number of carbonyl (C=O) groups is 1. The second-order valence-electron chi connectivity index (χ2n) is 8.20. The van der Waals surface area contributed by atoms with E-state index in [1.165, 1.54) is 6.42 Å². The number of hydrogen-bond donors (Lipinski definition) is 3. The third-order valence-electron chi connectivity index (χ3n) is 5.55. The van der Waals surface area contributed by atoms with E-state index >= 15 is 0 Å². The maximum absolute atomic E-state index is 11.9. The fourth-order valence-electron chi connectivity index (χ4n) is 3.61. The van der Waals surface area contributed by atoms with Crippen LogP contribution in [0.5, 0.6) is 0 Å². The lowest BCUT2D eigenvalue weighted by molar-refractivity contribution is 0.251. The molecule has 30 heavy (non-hydrogen) atoms. The molecule has 2 aromatic rings. The largest absolute Gasteiger partial charge is 0.373 e. The molecule has 160 valence electrons. The first-order valence-electron chi connectivity index (χ1n) is 10.7. The Morgan fingerprint density at radius 3 is 2.63 bits per heavy atom. The van der Waals surface area contributed by atoms with E-state index in [-0.39, 0.29) is 6.03 Å². The van der Waals surface area contributed by atoms with Crippen LogP contribution in [0.1, 0.15) is 25.0 Å². The lowest BCUT2D eigenvalue weighted by Crippen LogP contribution is -2.30. The van der Waals surface area contributed by atoms with E-state index < -0.39 is 0 Å². The number of urea groups is 1. The Bertz CT molecular complexity index is 866. The molecular weight excluding hydrogens is 378 g/mol. The Morgan fingerprint density at radius 1 is 1.10 bits per heavy atom. The zero-order chi connectivity index (χ0) is 20.9. The predicted molar refractivity (Wildman–Crippen MR) is 120 cm³/mol. The molecule has 1 saturated carbocycles. The summed E-state index contributed by atoms with van der Waals surface area (Å²) in [6, 6.07) is 9.89. The number of amides is 2. The van der Waals surface area contributed by atoms with E-state index in [0.29, 0.717) is 11.9 Å². The average molecular weight is 410 g/mol. The summed E-state index contributed by atoms with van der Waals surface area (Å²) in [6.45, 7) is 5.18. The van der Waals surface area contributed by atoms with Gasteiger partial charge in [-0.15, -0.1) is 0 Å². The highest BCUT2D eigenvalue weighted by atomic mass is 16.2. The van der Waals surface area contributed by atoms with E-state index in [1.54, 1.807) is 0 Å². The quantitative estimate of drug-likeness (QED) is 0.680. The van der Waals surface area contributed by atoms with Crippen molar-refractivity contribution in [2.24, 2.45) is 0 Å². The molecule has 1 aromatic heterocycles. The zero-order valence-corrected chi connectivity index (χ0v) is 17.8. The van der Waals surface area contributed by atoms with E-state index in [0.717, 1.165) is 68.3 Å². The molecule has 2 aliphatic rings. The molecular formula is C22H31N7O. The highest BCUT2D eigenvalue weighted by Crippen LogP contribution is 2.22. The van der Waals surface area contributed by atoms with Gasteiger partial charge in [0.1, 0.15) is 5.82 Å². The van der Waals surface area contributed by atoms with Crippen LogP contribution in [0.3, 0.4) is 0 Å². The topological polar surface area (TPSA) is 85.4 Å². The Morgan fingerprint density at radius 2 is 1.90 bits per heavy atom. The minimum atomic E-state index is -0.149. The smallest absolute Gasteiger partial charge is 0.319 e. The minimum Gasteiger partial charge on any atom is -0.373 e. The predicted octanol–water partition coefficient (Wildman–Crippen LogP) is 2.61. The van der Waals surface area contributed by atoms with Gasteiger partial charge in [0.25, 0.3) is 0 Å². The monoisotopic (exact) mass is 409 g/mol. The van der Waals surface area contributed by atoms with Crippen LogP contribution in [-0.4, -0.2) is 72.1 Å².